The number of aryl methyl sites for hydroxylation is 2. The lowest BCUT2D eigenvalue weighted by molar-refractivity contribution is 1.07. The highest BCUT2D eigenvalue weighted by Crippen LogP contribution is 2.46. The monoisotopic (exact) mass is 885 g/mol. The number of nitrogens with zero attached hydrogens (tertiary/aromatic N) is 7. The molecule has 7 heteroatoms. The normalized spacial score (nSPS) is 11.3. The zero-order valence-corrected chi connectivity index (χ0v) is 38.0. The molecule has 3 heterocycles. The highest BCUT2D eigenvalue weighted by molar-refractivity contribution is 6.18. The van der Waals surface area contributed by atoms with Crippen LogP contribution in [-0.2, 0) is 0 Å². The molecular weight excluding hydrogens is 843 g/mol. The first-order valence-corrected chi connectivity index (χ1v) is 23.1. The Morgan fingerprint density at radius 3 is 0.870 bits per heavy atom. The van der Waals surface area contributed by atoms with Crippen molar-refractivity contribution in [2.45, 2.75) is 13.8 Å². The fraction of sp³-hybridized carbons (Fsp3) is 0.0323. The Labute approximate surface area is 400 Å². The molecule has 0 spiro atoms. The molecule has 9 aromatic carbocycles. The van der Waals surface area contributed by atoms with Crippen molar-refractivity contribution in [3.8, 4) is 96.3 Å². The second-order valence-corrected chi connectivity index (χ2v) is 17.3. The van der Waals surface area contributed by atoms with Crippen LogP contribution >= 0.6 is 0 Å². The van der Waals surface area contributed by atoms with Gasteiger partial charge in [0.1, 0.15) is 0 Å². The zero-order valence-electron chi connectivity index (χ0n) is 38.0. The minimum Gasteiger partial charge on any atom is -0.308 e. The van der Waals surface area contributed by atoms with E-state index in [1.165, 1.54) is 0 Å². The van der Waals surface area contributed by atoms with Crippen LogP contribution in [0.25, 0.3) is 118 Å². The lowest BCUT2D eigenvalue weighted by atomic mass is 9.93. The Kier molecular flexibility index (Phi) is 10.5. The Morgan fingerprint density at radius 2 is 0.536 bits per heavy atom. The summed E-state index contributed by atoms with van der Waals surface area (Å²) < 4.78 is 2.44. The largest absolute Gasteiger partial charge is 0.308 e. The molecule has 0 aliphatic rings. The third-order valence-corrected chi connectivity index (χ3v) is 12.6. The van der Waals surface area contributed by atoms with Crippen LogP contribution in [0.4, 0.5) is 0 Å². The lowest BCUT2D eigenvalue weighted by Gasteiger charge is -2.17. The van der Waals surface area contributed by atoms with E-state index in [0.29, 0.717) is 34.9 Å². The summed E-state index contributed by atoms with van der Waals surface area (Å²) in [5, 5.41) is 2.29. The van der Waals surface area contributed by atoms with E-state index in [1.54, 1.807) is 0 Å². The molecular formula is C62H43N7. The van der Waals surface area contributed by atoms with Crippen molar-refractivity contribution in [2.24, 2.45) is 0 Å². The first-order chi connectivity index (χ1) is 34.0. The van der Waals surface area contributed by atoms with Gasteiger partial charge in [-0.3, -0.25) is 0 Å². The van der Waals surface area contributed by atoms with Gasteiger partial charge in [0.05, 0.1) is 11.0 Å². The molecule has 0 saturated carbocycles. The van der Waals surface area contributed by atoms with Crippen molar-refractivity contribution in [3.63, 3.8) is 0 Å². The third kappa shape index (κ3) is 7.72. The highest BCUT2D eigenvalue weighted by Gasteiger charge is 2.25. The molecule has 0 atom stereocenters. The molecule has 12 rings (SSSR count). The van der Waals surface area contributed by atoms with Gasteiger partial charge in [-0.25, -0.2) is 29.9 Å². The van der Waals surface area contributed by atoms with Gasteiger partial charge in [0, 0.05) is 61.0 Å². The van der Waals surface area contributed by atoms with E-state index >= 15 is 0 Å². The van der Waals surface area contributed by atoms with Crippen LogP contribution in [-0.4, -0.2) is 34.5 Å². The average molecular weight is 886 g/mol. The maximum absolute atomic E-state index is 5.22. The number of hydrogen-bond acceptors (Lipinski definition) is 6. The lowest BCUT2D eigenvalue weighted by Crippen LogP contribution is -2.02. The smallest absolute Gasteiger partial charge is 0.164 e. The molecule has 3 aromatic heterocycles. The van der Waals surface area contributed by atoms with E-state index in [-0.39, 0.29) is 0 Å². The van der Waals surface area contributed by atoms with E-state index in [0.717, 1.165) is 94.3 Å². The maximum atomic E-state index is 5.22. The number of para-hydroxylation sites is 1. The Hall–Kier alpha value is -9.20. The molecule has 12 aromatic rings. The van der Waals surface area contributed by atoms with Gasteiger partial charge in [0.25, 0.3) is 0 Å². The molecule has 7 nitrogen and oxygen atoms in total. The molecule has 0 aliphatic carbocycles. The summed E-state index contributed by atoms with van der Waals surface area (Å²) in [6, 6.07) is 77.5. The molecule has 0 unspecified atom stereocenters. The van der Waals surface area contributed by atoms with Crippen LogP contribution in [0.3, 0.4) is 0 Å². The predicted molar refractivity (Wildman–Crippen MR) is 281 cm³/mol. The van der Waals surface area contributed by atoms with Crippen LogP contribution in [0.2, 0.25) is 0 Å². The van der Waals surface area contributed by atoms with Crippen LogP contribution in [0.15, 0.2) is 224 Å². The Bertz CT molecular complexity index is 3490. The van der Waals surface area contributed by atoms with Gasteiger partial charge >= 0.3 is 0 Å². The summed E-state index contributed by atoms with van der Waals surface area (Å²) in [6.07, 6.45) is 0. The molecule has 326 valence electrons. The standard InChI is InChI=1S/C62H43N7/c1-40-36-51(47-32-18-20-34-49(47)61-65-57(42-22-8-3-9-23-42)63-58(66-61)43-24-10-4-11-25-43)55-53(38-40)54-39-41(2)37-52(56(54)69(55)46-30-16-7-17-31-46)48-33-19-21-35-50(48)62-67-59(44-26-12-5-13-27-44)64-60(68-62)45-28-14-6-15-29-45/h3-39H,1-2H3. The molecule has 0 saturated heterocycles. The van der Waals surface area contributed by atoms with Crippen LogP contribution in [0.5, 0.6) is 0 Å². The van der Waals surface area contributed by atoms with Crippen molar-refractivity contribution in [1.82, 2.24) is 34.5 Å². The van der Waals surface area contributed by atoms with Gasteiger partial charge in [-0.2, -0.15) is 0 Å². The molecule has 0 aliphatic heterocycles. The molecule has 0 N–H and O–H groups in total. The van der Waals surface area contributed by atoms with Crippen molar-refractivity contribution < 1.29 is 0 Å². The van der Waals surface area contributed by atoms with Gasteiger partial charge in [-0.05, 0) is 72.5 Å². The summed E-state index contributed by atoms with van der Waals surface area (Å²) in [7, 11) is 0. The topological polar surface area (TPSA) is 82.3 Å². The van der Waals surface area contributed by atoms with E-state index in [2.05, 4.69) is 122 Å². The van der Waals surface area contributed by atoms with Gasteiger partial charge in [0.2, 0.25) is 0 Å². The number of hydrogen-bond donors (Lipinski definition) is 0. The zero-order chi connectivity index (χ0) is 46.3. The van der Waals surface area contributed by atoms with Crippen LogP contribution < -0.4 is 0 Å². The fourth-order valence-corrected chi connectivity index (χ4v) is 9.49. The summed E-state index contributed by atoms with van der Waals surface area (Å²) >= 11 is 0. The average Bonchev–Trinajstić information content (AvgIpc) is 3.75. The van der Waals surface area contributed by atoms with Crippen molar-refractivity contribution in [3.05, 3.63) is 236 Å². The van der Waals surface area contributed by atoms with Gasteiger partial charge in [0.15, 0.2) is 34.9 Å². The van der Waals surface area contributed by atoms with E-state index < -0.39 is 0 Å². The second-order valence-electron chi connectivity index (χ2n) is 17.3. The van der Waals surface area contributed by atoms with Gasteiger partial charge in [-0.15, -0.1) is 0 Å². The molecule has 0 amide bonds. The first kappa shape index (κ1) is 41.2. The van der Waals surface area contributed by atoms with Gasteiger partial charge < -0.3 is 4.57 Å². The van der Waals surface area contributed by atoms with E-state index in [4.69, 9.17) is 29.9 Å². The maximum Gasteiger partial charge on any atom is 0.164 e. The molecule has 0 bridgehead atoms. The SMILES string of the molecule is Cc1cc(-c2ccccc2-c2nc(-c3ccccc3)nc(-c3ccccc3)n2)c2c(c1)c1cc(C)cc(-c3ccccc3-c3nc(-c4ccccc4)nc(-c4ccccc4)n3)c1n2-c1ccccc1. The van der Waals surface area contributed by atoms with Crippen molar-refractivity contribution in [1.29, 1.82) is 0 Å². The quantitative estimate of drug-likeness (QED) is 0.144. The van der Waals surface area contributed by atoms with Crippen LogP contribution in [0, 0.1) is 13.8 Å². The van der Waals surface area contributed by atoms with Crippen molar-refractivity contribution in [2.75, 3.05) is 0 Å². The molecule has 69 heavy (non-hydrogen) atoms. The van der Waals surface area contributed by atoms with Gasteiger partial charge in [-0.1, -0.05) is 188 Å². The minimum atomic E-state index is 0.600. The number of fused-ring (bicyclic) bond motifs is 3. The number of benzene rings is 9. The highest BCUT2D eigenvalue weighted by atomic mass is 15.0. The Balaban J connectivity index is 1.13. The third-order valence-electron chi connectivity index (χ3n) is 12.6. The van der Waals surface area contributed by atoms with Crippen molar-refractivity contribution >= 4 is 21.8 Å². The second kappa shape index (κ2) is 17.5. The summed E-state index contributed by atoms with van der Waals surface area (Å²) in [4.78, 5) is 30.9. The molecule has 0 radical (unpaired) electrons. The predicted octanol–water partition coefficient (Wildman–Crippen LogP) is 15.1. The summed E-state index contributed by atoms with van der Waals surface area (Å²) in [6.45, 7) is 4.37. The minimum absolute atomic E-state index is 0.600. The summed E-state index contributed by atoms with van der Waals surface area (Å²) in [5.41, 5.74) is 15.2. The molecule has 0 fully saturated rings. The van der Waals surface area contributed by atoms with E-state index in [9.17, 15) is 0 Å². The number of aromatic nitrogens is 7. The Morgan fingerprint density at radius 1 is 0.261 bits per heavy atom. The fourth-order valence-electron chi connectivity index (χ4n) is 9.49. The van der Waals surface area contributed by atoms with E-state index in [1.807, 2.05) is 121 Å². The van der Waals surface area contributed by atoms with Crippen LogP contribution in [0.1, 0.15) is 11.1 Å². The summed E-state index contributed by atoms with van der Waals surface area (Å²) in [5.74, 6) is 3.67. The first-order valence-electron chi connectivity index (χ1n) is 23.1. The number of rotatable bonds is 9.